The van der Waals surface area contributed by atoms with Crippen molar-refractivity contribution in [3.8, 4) is 0 Å². The third-order valence-corrected chi connectivity index (χ3v) is 5.71. The average Bonchev–Trinajstić information content (AvgIpc) is 2.65. The first-order valence-electron chi connectivity index (χ1n) is 5.65. The van der Waals surface area contributed by atoms with Gasteiger partial charge in [0.25, 0.3) is 0 Å². The van der Waals surface area contributed by atoms with Gasteiger partial charge in [-0.25, -0.2) is 18.4 Å². The van der Waals surface area contributed by atoms with E-state index in [1.165, 1.54) is 11.8 Å². The Kier molecular flexibility index (Phi) is 3.96. The third-order valence-electron chi connectivity index (χ3n) is 2.88. The number of hydrogen-bond acceptors (Lipinski definition) is 7. The molecule has 0 radical (unpaired) electrons. The molecule has 0 amide bonds. The van der Waals surface area contributed by atoms with Gasteiger partial charge in [-0.05, 0) is 19.1 Å². The molecule has 18 heavy (non-hydrogen) atoms. The number of thioether (sulfide) groups is 1. The van der Waals surface area contributed by atoms with Crippen molar-refractivity contribution >= 4 is 33.2 Å². The Morgan fingerprint density at radius 1 is 1.56 bits per heavy atom. The molecule has 1 aromatic rings. The van der Waals surface area contributed by atoms with Gasteiger partial charge < -0.3 is 11.1 Å². The zero-order chi connectivity index (χ0) is 13.2. The second-order valence-corrected chi connectivity index (χ2v) is 7.35. The average molecular weight is 288 g/mol. The van der Waals surface area contributed by atoms with Crippen LogP contribution in [0, 0.1) is 0 Å². The highest BCUT2D eigenvalue weighted by atomic mass is 32.2. The van der Waals surface area contributed by atoms with E-state index in [1.807, 2.05) is 6.26 Å². The maximum atomic E-state index is 11.7. The number of sulfone groups is 1. The predicted octanol–water partition coefficient (Wildman–Crippen LogP) is 0.770. The third kappa shape index (κ3) is 3.05. The van der Waals surface area contributed by atoms with Crippen molar-refractivity contribution in [2.75, 3.05) is 29.6 Å². The monoisotopic (exact) mass is 288 g/mol. The number of nitrogen functional groups attached to an aromatic ring is 1. The Balaban J connectivity index is 2.04. The Hall–Kier alpha value is -1.02. The summed E-state index contributed by atoms with van der Waals surface area (Å²) in [5, 5.41) is 3.30. The van der Waals surface area contributed by atoms with Crippen molar-refractivity contribution < 1.29 is 8.42 Å². The first-order chi connectivity index (χ1) is 8.51. The van der Waals surface area contributed by atoms with E-state index >= 15 is 0 Å². The molecule has 1 aromatic heterocycles. The molecule has 1 fully saturated rings. The molecule has 2 heterocycles. The number of nitrogens with two attached hydrogens (primary N) is 1. The topological polar surface area (TPSA) is 98.0 Å². The van der Waals surface area contributed by atoms with Crippen molar-refractivity contribution in [3.05, 3.63) is 6.07 Å². The van der Waals surface area contributed by atoms with Crippen LogP contribution in [0.1, 0.15) is 12.8 Å². The fourth-order valence-corrected chi connectivity index (χ4v) is 4.08. The number of anilines is 2. The summed E-state index contributed by atoms with van der Waals surface area (Å²) < 4.78 is 23.3. The van der Waals surface area contributed by atoms with Crippen molar-refractivity contribution in [2.45, 2.75) is 23.2 Å². The van der Waals surface area contributed by atoms with Gasteiger partial charge in [-0.15, -0.1) is 0 Å². The lowest BCUT2D eigenvalue weighted by molar-refractivity contribution is 0.591. The molecule has 0 aliphatic carbocycles. The number of nitrogens with one attached hydrogen (secondary N) is 1. The van der Waals surface area contributed by atoms with Crippen LogP contribution in [0.2, 0.25) is 0 Å². The lowest BCUT2D eigenvalue weighted by atomic mass is 10.2. The first-order valence-corrected chi connectivity index (χ1v) is 8.59. The van der Waals surface area contributed by atoms with E-state index in [1.54, 1.807) is 6.07 Å². The lowest BCUT2D eigenvalue weighted by Gasteiger charge is -2.11. The van der Waals surface area contributed by atoms with Gasteiger partial charge in [0.05, 0.1) is 11.0 Å². The van der Waals surface area contributed by atoms with Crippen LogP contribution in [0.4, 0.5) is 11.6 Å². The normalized spacial score (nSPS) is 21.9. The molecule has 1 atom stereocenters. The molecule has 1 saturated heterocycles. The van der Waals surface area contributed by atoms with Crippen molar-refractivity contribution in [1.29, 1.82) is 0 Å². The lowest BCUT2D eigenvalue weighted by Crippen LogP contribution is -2.25. The van der Waals surface area contributed by atoms with Gasteiger partial charge in [0, 0.05) is 12.6 Å². The minimum atomic E-state index is -2.93. The summed E-state index contributed by atoms with van der Waals surface area (Å²) >= 11 is 1.39. The molecule has 0 bridgehead atoms. The van der Waals surface area contributed by atoms with E-state index in [2.05, 4.69) is 15.3 Å². The summed E-state index contributed by atoms with van der Waals surface area (Å²) in [4.78, 5) is 8.26. The maximum absolute atomic E-state index is 11.7. The minimum Gasteiger partial charge on any atom is -0.383 e. The molecule has 1 aliphatic heterocycles. The molecule has 1 aliphatic rings. The zero-order valence-corrected chi connectivity index (χ0v) is 11.7. The molecule has 3 N–H and O–H groups in total. The maximum Gasteiger partial charge on any atom is 0.191 e. The fraction of sp³-hybridized carbons (Fsp3) is 0.600. The molecule has 8 heteroatoms. The van der Waals surface area contributed by atoms with Gasteiger partial charge in [-0.2, -0.15) is 0 Å². The SMILES string of the molecule is CSc1nc(N)cc(NCC2CCCS2(=O)=O)n1. The first kappa shape index (κ1) is 13.4. The fourth-order valence-electron chi connectivity index (χ4n) is 1.93. The van der Waals surface area contributed by atoms with Gasteiger partial charge in [0.1, 0.15) is 11.6 Å². The van der Waals surface area contributed by atoms with E-state index in [-0.39, 0.29) is 5.25 Å². The second kappa shape index (κ2) is 5.31. The Morgan fingerprint density at radius 2 is 2.33 bits per heavy atom. The van der Waals surface area contributed by atoms with E-state index in [0.29, 0.717) is 35.5 Å². The molecule has 1 unspecified atom stereocenters. The smallest absolute Gasteiger partial charge is 0.191 e. The summed E-state index contributed by atoms with van der Waals surface area (Å²) in [5.41, 5.74) is 5.65. The molecule has 6 nitrogen and oxygen atoms in total. The minimum absolute atomic E-state index is 0.293. The summed E-state index contributed by atoms with van der Waals surface area (Å²) in [6, 6.07) is 1.61. The second-order valence-electron chi connectivity index (χ2n) is 4.18. The van der Waals surface area contributed by atoms with Gasteiger partial charge in [0.2, 0.25) is 0 Å². The Morgan fingerprint density at radius 3 is 2.94 bits per heavy atom. The van der Waals surface area contributed by atoms with Gasteiger partial charge in [-0.3, -0.25) is 0 Å². The van der Waals surface area contributed by atoms with E-state index in [4.69, 9.17) is 5.73 Å². The molecule has 0 aromatic carbocycles. The summed E-state index contributed by atoms with van der Waals surface area (Å²) in [6.07, 6.45) is 3.32. The largest absolute Gasteiger partial charge is 0.383 e. The number of hydrogen-bond donors (Lipinski definition) is 2. The Labute approximate surface area is 111 Å². The zero-order valence-electron chi connectivity index (χ0n) is 10.1. The van der Waals surface area contributed by atoms with Gasteiger partial charge in [-0.1, -0.05) is 11.8 Å². The Bertz CT molecular complexity index is 533. The van der Waals surface area contributed by atoms with Crippen molar-refractivity contribution in [2.24, 2.45) is 0 Å². The molecule has 0 saturated carbocycles. The standard InChI is InChI=1S/C10H16N4O2S2/c1-17-10-13-8(11)5-9(14-10)12-6-7-3-2-4-18(7,15)16/h5,7H,2-4,6H2,1H3,(H3,11,12,13,14). The van der Waals surface area contributed by atoms with E-state index in [9.17, 15) is 8.42 Å². The quantitative estimate of drug-likeness (QED) is 0.623. The van der Waals surface area contributed by atoms with Crippen LogP contribution < -0.4 is 11.1 Å². The number of aromatic nitrogens is 2. The van der Waals surface area contributed by atoms with Crippen LogP contribution in [-0.2, 0) is 9.84 Å². The van der Waals surface area contributed by atoms with Crippen LogP contribution >= 0.6 is 11.8 Å². The molecular weight excluding hydrogens is 272 g/mol. The molecule has 2 rings (SSSR count). The van der Waals surface area contributed by atoms with E-state index in [0.717, 1.165) is 6.42 Å². The van der Waals surface area contributed by atoms with E-state index < -0.39 is 9.84 Å². The number of rotatable bonds is 4. The van der Waals surface area contributed by atoms with Crippen LogP contribution in [0.25, 0.3) is 0 Å². The molecular formula is C10H16N4O2S2. The van der Waals surface area contributed by atoms with Crippen LogP contribution in [0.3, 0.4) is 0 Å². The highest BCUT2D eigenvalue weighted by Crippen LogP contribution is 2.21. The van der Waals surface area contributed by atoms with Crippen LogP contribution in [0.5, 0.6) is 0 Å². The number of nitrogens with zero attached hydrogens (tertiary/aromatic N) is 2. The predicted molar refractivity (Wildman–Crippen MR) is 73.5 cm³/mol. The van der Waals surface area contributed by atoms with Crippen molar-refractivity contribution in [3.63, 3.8) is 0 Å². The van der Waals surface area contributed by atoms with Crippen LogP contribution in [0.15, 0.2) is 11.2 Å². The summed E-state index contributed by atoms with van der Waals surface area (Å²) in [5.74, 6) is 1.25. The van der Waals surface area contributed by atoms with Gasteiger partial charge >= 0.3 is 0 Å². The van der Waals surface area contributed by atoms with Gasteiger partial charge in [0.15, 0.2) is 15.0 Å². The summed E-state index contributed by atoms with van der Waals surface area (Å²) in [6.45, 7) is 0.382. The molecule has 100 valence electrons. The highest BCUT2D eigenvalue weighted by molar-refractivity contribution is 7.98. The summed E-state index contributed by atoms with van der Waals surface area (Å²) in [7, 11) is -2.93. The van der Waals surface area contributed by atoms with Crippen molar-refractivity contribution in [1.82, 2.24) is 9.97 Å². The van der Waals surface area contributed by atoms with Crippen LogP contribution in [-0.4, -0.2) is 42.2 Å². The highest BCUT2D eigenvalue weighted by Gasteiger charge is 2.30. The molecule has 0 spiro atoms.